The summed E-state index contributed by atoms with van der Waals surface area (Å²) in [6, 6.07) is 7.93. The Morgan fingerprint density at radius 3 is 2.48 bits per heavy atom. The Morgan fingerprint density at radius 1 is 1.15 bits per heavy atom. The van der Waals surface area contributed by atoms with Crippen molar-refractivity contribution in [3.8, 4) is 0 Å². The molecule has 142 valence electrons. The molecule has 0 radical (unpaired) electrons. The van der Waals surface area contributed by atoms with Crippen molar-refractivity contribution in [2.24, 2.45) is 0 Å². The predicted octanol–water partition coefficient (Wildman–Crippen LogP) is 3.69. The van der Waals surface area contributed by atoms with E-state index >= 15 is 0 Å². The Labute approximate surface area is 164 Å². The molecule has 0 aromatic heterocycles. The van der Waals surface area contributed by atoms with E-state index < -0.39 is 20.9 Å². The van der Waals surface area contributed by atoms with E-state index in [0.717, 1.165) is 6.07 Å². The van der Waals surface area contributed by atoms with Crippen molar-refractivity contribution in [2.45, 2.75) is 6.42 Å². The number of rotatable bonds is 4. The summed E-state index contributed by atoms with van der Waals surface area (Å²) in [5.41, 5.74) is 0.196. The van der Waals surface area contributed by atoms with Gasteiger partial charge in [-0.25, -0.2) is 8.42 Å². The Balaban J connectivity index is 1.91. The van der Waals surface area contributed by atoms with Gasteiger partial charge in [0.2, 0.25) is 10.0 Å². The van der Waals surface area contributed by atoms with Crippen LogP contribution in [-0.2, 0) is 10.0 Å². The third kappa shape index (κ3) is 4.00. The maximum atomic E-state index is 12.5. The first kappa shape index (κ1) is 19.4. The van der Waals surface area contributed by atoms with E-state index in [1.165, 1.54) is 34.6 Å². The van der Waals surface area contributed by atoms with Gasteiger partial charge in [-0.2, -0.15) is 0 Å². The third-order valence-electron chi connectivity index (χ3n) is 3.98. The van der Waals surface area contributed by atoms with Crippen molar-refractivity contribution >= 4 is 56.2 Å². The van der Waals surface area contributed by atoms with Crippen molar-refractivity contribution in [1.29, 1.82) is 0 Å². The molecule has 1 heterocycles. The highest BCUT2D eigenvalue weighted by Gasteiger charge is 2.30. The number of hydrogen-bond acceptors (Lipinski definition) is 5. The van der Waals surface area contributed by atoms with Crippen LogP contribution in [-0.4, -0.2) is 31.5 Å². The summed E-state index contributed by atoms with van der Waals surface area (Å²) < 4.78 is 25.4. The van der Waals surface area contributed by atoms with Gasteiger partial charge in [0.1, 0.15) is 0 Å². The van der Waals surface area contributed by atoms with Crippen LogP contribution in [0.3, 0.4) is 0 Å². The number of nitro groups is 1. The van der Waals surface area contributed by atoms with Crippen molar-refractivity contribution in [3.63, 3.8) is 0 Å². The molecule has 1 aliphatic rings. The maximum Gasteiger partial charge on any atom is 0.270 e. The molecule has 1 aliphatic heterocycles. The summed E-state index contributed by atoms with van der Waals surface area (Å²) in [5, 5.41) is 13.7. The molecule has 3 rings (SSSR count). The van der Waals surface area contributed by atoms with Crippen LogP contribution in [0.1, 0.15) is 16.8 Å². The second kappa shape index (κ2) is 7.34. The molecule has 0 aliphatic carbocycles. The van der Waals surface area contributed by atoms with Crippen LogP contribution in [0.15, 0.2) is 36.4 Å². The van der Waals surface area contributed by atoms with Gasteiger partial charge >= 0.3 is 0 Å². The first-order chi connectivity index (χ1) is 12.7. The minimum absolute atomic E-state index is 0.0310. The number of nitro benzene ring substituents is 1. The average Bonchev–Trinajstić information content (AvgIpc) is 2.95. The van der Waals surface area contributed by atoms with E-state index in [-0.39, 0.29) is 38.4 Å². The van der Waals surface area contributed by atoms with E-state index in [1.807, 2.05) is 0 Å². The zero-order valence-corrected chi connectivity index (χ0v) is 16.0. The molecule has 1 fully saturated rings. The lowest BCUT2D eigenvalue weighted by Crippen LogP contribution is -2.25. The predicted molar refractivity (Wildman–Crippen MR) is 103 cm³/mol. The quantitative estimate of drug-likeness (QED) is 0.588. The lowest BCUT2D eigenvalue weighted by atomic mass is 10.1. The number of carbonyl (C=O) groups excluding carboxylic acids is 1. The van der Waals surface area contributed by atoms with E-state index in [2.05, 4.69) is 5.32 Å². The van der Waals surface area contributed by atoms with Gasteiger partial charge in [0.25, 0.3) is 11.6 Å². The molecule has 2 aromatic rings. The second-order valence-electron chi connectivity index (χ2n) is 5.78. The van der Waals surface area contributed by atoms with Gasteiger partial charge in [-0.3, -0.25) is 19.2 Å². The van der Waals surface area contributed by atoms with Crippen molar-refractivity contribution in [2.75, 3.05) is 21.9 Å². The fourth-order valence-corrected chi connectivity index (χ4v) is 4.74. The fraction of sp³-hybridized carbons (Fsp3) is 0.188. The molecule has 27 heavy (non-hydrogen) atoms. The van der Waals surface area contributed by atoms with Crippen LogP contribution in [0.2, 0.25) is 10.0 Å². The van der Waals surface area contributed by atoms with Crippen molar-refractivity contribution in [1.82, 2.24) is 0 Å². The molecule has 11 heteroatoms. The number of hydrogen-bond donors (Lipinski definition) is 1. The number of non-ortho nitro benzene ring substituents is 1. The number of sulfonamides is 1. The van der Waals surface area contributed by atoms with Crippen molar-refractivity contribution in [3.05, 3.63) is 62.1 Å². The number of nitrogens with zero attached hydrogens (tertiary/aromatic N) is 2. The Morgan fingerprint density at radius 2 is 1.85 bits per heavy atom. The maximum absolute atomic E-state index is 12.5. The Hall–Kier alpha value is -2.36. The highest BCUT2D eigenvalue weighted by Crippen LogP contribution is 2.34. The fourth-order valence-electron chi connectivity index (χ4n) is 2.69. The van der Waals surface area contributed by atoms with E-state index in [9.17, 15) is 23.3 Å². The third-order valence-corrected chi connectivity index (χ3v) is 6.48. The first-order valence-electron chi connectivity index (χ1n) is 7.74. The van der Waals surface area contributed by atoms with E-state index in [0.29, 0.717) is 13.0 Å². The summed E-state index contributed by atoms with van der Waals surface area (Å²) in [5.74, 6) is -0.635. The molecule has 8 nitrogen and oxygen atoms in total. The van der Waals surface area contributed by atoms with Crippen molar-refractivity contribution < 1.29 is 18.1 Å². The van der Waals surface area contributed by atoms with Gasteiger partial charge in [-0.15, -0.1) is 0 Å². The Kier molecular flexibility index (Phi) is 5.27. The van der Waals surface area contributed by atoms with Gasteiger partial charge in [0.15, 0.2) is 0 Å². The molecular weight excluding hydrogens is 417 g/mol. The largest absolute Gasteiger partial charge is 0.322 e. The van der Waals surface area contributed by atoms with E-state index in [4.69, 9.17) is 23.2 Å². The van der Waals surface area contributed by atoms with Crippen LogP contribution in [0.25, 0.3) is 0 Å². The van der Waals surface area contributed by atoms with Crippen LogP contribution in [0.4, 0.5) is 17.1 Å². The normalized spacial score (nSPS) is 15.6. The minimum atomic E-state index is -3.44. The smallest absolute Gasteiger partial charge is 0.270 e. The van der Waals surface area contributed by atoms with E-state index in [1.54, 1.807) is 0 Å². The Bertz CT molecular complexity index is 1040. The number of anilines is 2. The second-order valence-corrected chi connectivity index (χ2v) is 8.61. The van der Waals surface area contributed by atoms with Crippen LogP contribution < -0.4 is 9.62 Å². The highest BCUT2D eigenvalue weighted by molar-refractivity contribution is 7.93. The summed E-state index contributed by atoms with van der Waals surface area (Å²) in [4.78, 5) is 22.7. The lowest BCUT2D eigenvalue weighted by Gasteiger charge is -2.19. The van der Waals surface area contributed by atoms with Crippen LogP contribution in [0, 0.1) is 10.1 Å². The average molecular weight is 430 g/mol. The topological polar surface area (TPSA) is 110 Å². The number of carbonyl (C=O) groups is 1. The minimum Gasteiger partial charge on any atom is -0.322 e. The van der Waals surface area contributed by atoms with Gasteiger partial charge in [0, 0.05) is 24.4 Å². The molecule has 0 spiro atoms. The zero-order valence-electron chi connectivity index (χ0n) is 13.7. The molecule has 0 atom stereocenters. The summed E-state index contributed by atoms with van der Waals surface area (Å²) in [6.45, 7) is 0.302. The summed E-state index contributed by atoms with van der Waals surface area (Å²) in [7, 11) is -3.44. The number of amides is 1. The first-order valence-corrected chi connectivity index (χ1v) is 10.1. The van der Waals surface area contributed by atoms with Gasteiger partial charge < -0.3 is 5.32 Å². The summed E-state index contributed by atoms with van der Waals surface area (Å²) in [6.07, 6.45) is 0.485. The number of benzene rings is 2. The lowest BCUT2D eigenvalue weighted by molar-refractivity contribution is -0.384. The molecule has 2 aromatic carbocycles. The van der Waals surface area contributed by atoms with Gasteiger partial charge in [0.05, 0.1) is 32.0 Å². The van der Waals surface area contributed by atoms with Gasteiger partial charge in [-0.05, 0) is 30.7 Å². The standard InChI is InChI=1S/C16H13Cl2N3O5S/c17-13-5-3-11(21(23)24)9-12(13)16(22)19-10-2-4-14(18)15(8-10)20-6-1-7-27(20,25)26/h2-5,8-9H,1,6-7H2,(H,19,22). The molecule has 1 saturated heterocycles. The SMILES string of the molecule is O=C(Nc1ccc(Cl)c(N2CCCS2(=O)=O)c1)c1cc([N+](=O)[O-])ccc1Cl. The molecule has 0 bridgehead atoms. The molecule has 1 N–H and O–H groups in total. The number of nitrogens with one attached hydrogen (secondary N) is 1. The van der Waals surface area contributed by atoms with Crippen LogP contribution in [0.5, 0.6) is 0 Å². The number of halogens is 2. The zero-order chi connectivity index (χ0) is 19.8. The molecule has 1 amide bonds. The molecule has 0 unspecified atom stereocenters. The highest BCUT2D eigenvalue weighted by atomic mass is 35.5. The summed E-state index contributed by atoms with van der Waals surface area (Å²) >= 11 is 12.1. The van der Waals surface area contributed by atoms with Crippen LogP contribution >= 0.6 is 23.2 Å². The molecular formula is C16H13Cl2N3O5S. The molecule has 0 saturated carbocycles. The van der Waals surface area contributed by atoms with Gasteiger partial charge in [-0.1, -0.05) is 23.2 Å². The monoisotopic (exact) mass is 429 g/mol.